The lowest BCUT2D eigenvalue weighted by Crippen LogP contribution is -2.31. The third kappa shape index (κ3) is 1.88. The lowest BCUT2D eigenvalue weighted by Gasteiger charge is -2.08. The number of rotatable bonds is 2. The number of carbonyl (C=O) groups excluding carboxylic acids is 1. The van der Waals surface area contributed by atoms with Crippen LogP contribution in [0, 0.1) is 18.3 Å². The molecular weight excluding hydrogens is 210 g/mol. The first-order valence-corrected chi connectivity index (χ1v) is 4.61. The quantitative estimate of drug-likeness (QED) is 0.556. The highest BCUT2D eigenvalue weighted by Gasteiger charge is 2.17. The van der Waals surface area contributed by atoms with E-state index in [2.05, 4.69) is 0 Å². The van der Waals surface area contributed by atoms with E-state index in [1.165, 1.54) is 6.92 Å². The smallest absolute Gasteiger partial charge is 0.340 e. The topological polar surface area (TPSA) is 98.1 Å². The van der Waals surface area contributed by atoms with E-state index in [4.69, 9.17) is 15.8 Å². The van der Waals surface area contributed by atoms with Crippen LogP contribution in [0.2, 0.25) is 0 Å². The van der Waals surface area contributed by atoms with Crippen molar-refractivity contribution in [3.63, 3.8) is 0 Å². The average molecular weight is 221 g/mol. The molecule has 0 saturated carbocycles. The molecule has 6 nitrogen and oxygen atoms in total. The van der Waals surface area contributed by atoms with Crippen LogP contribution in [0.25, 0.3) is 0 Å². The van der Waals surface area contributed by atoms with Gasteiger partial charge in [-0.15, -0.1) is 0 Å². The molecule has 2 N–H and O–H groups in total. The summed E-state index contributed by atoms with van der Waals surface area (Å²) in [7, 11) is 0. The Bertz CT molecular complexity index is 525. The summed E-state index contributed by atoms with van der Waals surface area (Å²) in [5.74, 6) is 4.74. The Labute approximate surface area is 91.8 Å². The van der Waals surface area contributed by atoms with E-state index in [0.717, 1.165) is 6.20 Å². The maximum absolute atomic E-state index is 11.5. The van der Waals surface area contributed by atoms with Crippen LogP contribution in [-0.4, -0.2) is 17.3 Å². The monoisotopic (exact) mass is 221 g/mol. The number of pyridine rings is 1. The number of carbonyl (C=O) groups is 1. The molecule has 1 heterocycles. The number of hydrogen-bond donors (Lipinski definition) is 1. The molecule has 0 saturated heterocycles. The highest BCUT2D eigenvalue weighted by Crippen LogP contribution is 2.10. The third-order valence-electron chi connectivity index (χ3n) is 2.10. The van der Waals surface area contributed by atoms with Gasteiger partial charge in [-0.2, -0.15) is 5.26 Å². The van der Waals surface area contributed by atoms with Gasteiger partial charge in [-0.1, -0.05) is 0 Å². The van der Waals surface area contributed by atoms with Crippen molar-refractivity contribution in [1.82, 2.24) is 4.68 Å². The van der Waals surface area contributed by atoms with E-state index in [9.17, 15) is 9.59 Å². The van der Waals surface area contributed by atoms with Crippen LogP contribution in [0.3, 0.4) is 0 Å². The Balaban J connectivity index is 3.44. The van der Waals surface area contributed by atoms with Crippen LogP contribution in [0.4, 0.5) is 0 Å². The average Bonchev–Trinajstić information content (AvgIpc) is 2.24. The molecule has 0 aliphatic carbocycles. The van der Waals surface area contributed by atoms with Gasteiger partial charge in [0.05, 0.1) is 12.2 Å². The molecular formula is C10H11N3O3. The second-order valence-corrected chi connectivity index (χ2v) is 3.09. The normalized spacial score (nSPS) is 9.56. The minimum atomic E-state index is -0.631. The Kier molecular flexibility index (Phi) is 3.30. The molecule has 0 spiro atoms. The Morgan fingerprint density at radius 2 is 2.31 bits per heavy atom. The summed E-state index contributed by atoms with van der Waals surface area (Å²) in [6.07, 6.45) is 1.16. The summed E-state index contributed by atoms with van der Waals surface area (Å²) in [4.78, 5) is 22.9. The highest BCUT2D eigenvalue weighted by molar-refractivity contribution is 5.91. The largest absolute Gasteiger partial charge is 0.462 e. The van der Waals surface area contributed by atoms with Gasteiger partial charge < -0.3 is 10.6 Å². The standard InChI is InChI=1S/C10H11N3O3/c1-3-16-10(15)8-5-13(12)9(14)7(4-11)6(8)2/h5H,3,12H2,1-2H3. The van der Waals surface area contributed by atoms with Crippen molar-refractivity contribution in [3.05, 3.63) is 33.2 Å². The number of nitrogens with two attached hydrogens (primary N) is 1. The van der Waals surface area contributed by atoms with Gasteiger partial charge >= 0.3 is 5.97 Å². The molecule has 0 unspecified atom stereocenters. The van der Waals surface area contributed by atoms with E-state index < -0.39 is 11.5 Å². The molecule has 16 heavy (non-hydrogen) atoms. The Morgan fingerprint density at radius 3 is 2.81 bits per heavy atom. The highest BCUT2D eigenvalue weighted by atomic mass is 16.5. The molecule has 1 aromatic rings. The van der Waals surface area contributed by atoms with Crippen LogP contribution in [-0.2, 0) is 4.74 Å². The fourth-order valence-electron chi connectivity index (χ4n) is 1.27. The predicted octanol–water partition coefficient (Wildman–Crippen LogP) is -0.0811. The number of nitrogens with zero attached hydrogens (tertiary/aromatic N) is 2. The lowest BCUT2D eigenvalue weighted by atomic mass is 10.1. The predicted molar refractivity (Wildman–Crippen MR) is 56.3 cm³/mol. The van der Waals surface area contributed by atoms with Crippen LogP contribution in [0.1, 0.15) is 28.4 Å². The maximum atomic E-state index is 11.5. The third-order valence-corrected chi connectivity index (χ3v) is 2.10. The molecule has 0 aromatic carbocycles. The number of aromatic nitrogens is 1. The van der Waals surface area contributed by atoms with Gasteiger partial charge in [0.1, 0.15) is 11.6 Å². The van der Waals surface area contributed by atoms with Gasteiger partial charge in [-0.3, -0.25) is 4.79 Å². The molecule has 0 aliphatic heterocycles. The minimum Gasteiger partial charge on any atom is -0.462 e. The second kappa shape index (κ2) is 4.49. The van der Waals surface area contributed by atoms with E-state index >= 15 is 0 Å². The first-order valence-electron chi connectivity index (χ1n) is 4.61. The molecule has 0 radical (unpaired) electrons. The fraction of sp³-hybridized carbons (Fsp3) is 0.300. The van der Waals surface area contributed by atoms with Gasteiger partial charge in [0.15, 0.2) is 0 Å². The van der Waals surface area contributed by atoms with Crippen LogP contribution in [0.5, 0.6) is 0 Å². The van der Waals surface area contributed by atoms with E-state index in [1.54, 1.807) is 13.0 Å². The molecule has 1 aromatic heterocycles. The molecule has 0 amide bonds. The number of esters is 1. The van der Waals surface area contributed by atoms with Crippen LogP contribution >= 0.6 is 0 Å². The van der Waals surface area contributed by atoms with Crippen LogP contribution < -0.4 is 11.4 Å². The zero-order chi connectivity index (χ0) is 12.3. The minimum absolute atomic E-state index is 0.125. The summed E-state index contributed by atoms with van der Waals surface area (Å²) in [6, 6.07) is 1.72. The van der Waals surface area contributed by atoms with Gasteiger partial charge in [0.25, 0.3) is 5.56 Å². The van der Waals surface area contributed by atoms with Crippen molar-refractivity contribution in [2.24, 2.45) is 0 Å². The second-order valence-electron chi connectivity index (χ2n) is 3.09. The Hall–Kier alpha value is -2.29. The molecule has 84 valence electrons. The lowest BCUT2D eigenvalue weighted by molar-refractivity contribution is 0.0524. The molecule has 0 aliphatic rings. The summed E-state index contributed by atoms with van der Waals surface area (Å²) in [6.45, 7) is 3.38. The fourth-order valence-corrected chi connectivity index (χ4v) is 1.27. The first kappa shape index (κ1) is 11.8. The Morgan fingerprint density at radius 1 is 1.69 bits per heavy atom. The number of nitrogen functional groups attached to an aromatic ring is 1. The van der Waals surface area contributed by atoms with Crippen molar-refractivity contribution in [2.75, 3.05) is 12.4 Å². The van der Waals surface area contributed by atoms with Gasteiger partial charge in [-0.25, -0.2) is 9.47 Å². The van der Waals surface area contributed by atoms with Gasteiger partial charge in [0, 0.05) is 6.20 Å². The van der Waals surface area contributed by atoms with Crippen molar-refractivity contribution in [1.29, 1.82) is 5.26 Å². The number of hydrogen-bond acceptors (Lipinski definition) is 5. The van der Waals surface area contributed by atoms with Crippen molar-refractivity contribution < 1.29 is 9.53 Å². The SMILES string of the molecule is CCOC(=O)c1cn(N)c(=O)c(C#N)c1C. The van der Waals surface area contributed by atoms with Gasteiger partial charge in [-0.05, 0) is 19.4 Å². The zero-order valence-corrected chi connectivity index (χ0v) is 8.98. The van der Waals surface area contributed by atoms with Crippen molar-refractivity contribution in [3.8, 4) is 6.07 Å². The first-order chi connectivity index (χ1) is 7.52. The summed E-state index contributed by atoms with van der Waals surface area (Å²) >= 11 is 0. The van der Waals surface area contributed by atoms with E-state index in [1.807, 2.05) is 0 Å². The van der Waals surface area contributed by atoms with E-state index in [0.29, 0.717) is 4.68 Å². The molecule has 0 bridgehead atoms. The molecule has 6 heteroatoms. The van der Waals surface area contributed by atoms with Gasteiger partial charge in [0.2, 0.25) is 0 Å². The summed E-state index contributed by atoms with van der Waals surface area (Å²) in [5, 5.41) is 8.79. The zero-order valence-electron chi connectivity index (χ0n) is 8.98. The molecule has 0 fully saturated rings. The maximum Gasteiger partial charge on any atom is 0.340 e. The van der Waals surface area contributed by atoms with Crippen LogP contribution in [0.15, 0.2) is 11.0 Å². The van der Waals surface area contributed by atoms with Crippen molar-refractivity contribution >= 4 is 5.97 Å². The number of ether oxygens (including phenoxy) is 1. The summed E-state index contributed by atoms with van der Waals surface area (Å²) < 4.78 is 5.49. The molecule has 1 rings (SSSR count). The number of nitriles is 1. The molecule has 0 atom stereocenters. The van der Waals surface area contributed by atoms with E-state index in [-0.39, 0.29) is 23.3 Å². The summed E-state index contributed by atoms with van der Waals surface area (Å²) in [5.41, 5.74) is -0.366. The van der Waals surface area contributed by atoms with Crippen molar-refractivity contribution in [2.45, 2.75) is 13.8 Å².